The minimum absolute atomic E-state index is 0.586. The van der Waals surface area contributed by atoms with Crippen molar-refractivity contribution in [2.24, 2.45) is 0 Å². The highest BCUT2D eigenvalue weighted by Crippen LogP contribution is 2.14. The average Bonchev–Trinajstić information content (AvgIpc) is 3.01. The van der Waals surface area contributed by atoms with Crippen molar-refractivity contribution in [2.75, 3.05) is 39.6 Å². The third-order valence-electron chi connectivity index (χ3n) is 7.12. The summed E-state index contributed by atoms with van der Waals surface area (Å²) in [4.78, 5) is 17.5. The van der Waals surface area contributed by atoms with Crippen LogP contribution in [-0.2, 0) is 35.9 Å². The van der Waals surface area contributed by atoms with Crippen molar-refractivity contribution in [1.82, 2.24) is 19.9 Å². The van der Waals surface area contributed by atoms with Gasteiger partial charge in [-0.3, -0.25) is 19.5 Å². The van der Waals surface area contributed by atoms with Gasteiger partial charge >= 0.3 is 0 Å². The van der Waals surface area contributed by atoms with Crippen LogP contribution in [0, 0.1) is 0 Å². The zero-order chi connectivity index (χ0) is 27.2. The van der Waals surface area contributed by atoms with Crippen LogP contribution in [0.25, 0.3) is 0 Å². The Labute approximate surface area is 238 Å². The van der Waals surface area contributed by atoms with Crippen LogP contribution in [0.3, 0.4) is 0 Å². The summed E-state index contributed by atoms with van der Waals surface area (Å²) >= 11 is 0. The van der Waals surface area contributed by atoms with Crippen LogP contribution in [0.1, 0.15) is 22.3 Å². The lowest BCUT2D eigenvalue weighted by Gasteiger charge is -2.36. The van der Waals surface area contributed by atoms with Crippen molar-refractivity contribution < 1.29 is 9.68 Å². The van der Waals surface area contributed by atoms with Crippen LogP contribution in [0.4, 0.5) is 0 Å². The topological polar surface area (TPSA) is 31.4 Å². The third kappa shape index (κ3) is 9.38. The van der Waals surface area contributed by atoms with Gasteiger partial charge in [-0.25, -0.2) is 0 Å². The van der Waals surface area contributed by atoms with Gasteiger partial charge in [0.15, 0.2) is 0 Å². The Morgan fingerprint density at radius 2 is 0.650 bits per heavy atom. The molecule has 0 radical (unpaired) electrons. The molecule has 1 saturated heterocycles. The maximum Gasteiger partial charge on any atom is 0.121 e. The first-order valence-corrected chi connectivity index (χ1v) is 14.2. The van der Waals surface area contributed by atoms with Gasteiger partial charge in [0.2, 0.25) is 0 Å². The van der Waals surface area contributed by atoms with Gasteiger partial charge in [-0.2, -0.15) is 10.1 Å². The molecular formula is C34H40N4O2. The molecule has 1 aliphatic heterocycles. The van der Waals surface area contributed by atoms with Gasteiger partial charge in [0, 0.05) is 52.4 Å². The lowest BCUT2D eigenvalue weighted by molar-refractivity contribution is -0.221. The minimum Gasteiger partial charge on any atom is -0.283 e. The smallest absolute Gasteiger partial charge is 0.121 e. The summed E-state index contributed by atoms with van der Waals surface area (Å²) in [5.74, 6) is 0. The molecule has 1 heterocycles. The van der Waals surface area contributed by atoms with Crippen LogP contribution in [-0.4, -0.2) is 59.6 Å². The molecule has 6 heteroatoms. The predicted molar refractivity (Wildman–Crippen MR) is 159 cm³/mol. The van der Waals surface area contributed by atoms with Crippen molar-refractivity contribution in [3.05, 3.63) is 144 Å². The molecule has 0 aromatic heterocycles. The van der Waals surface area contributed by atoms with Crippen molar-refractivity contribution in [3.8, 4) is 0 Å². The molecule has 0 bridgehead atoms. The molecule has 6 nitrogen and oxygen atoms in total. The summed E-state index contributed by atoms with van der Waals surface area (Å²) in [6.07, 6.45) is 0. The van der Waals surface area contributed by atoms with Gasteiger partial charge in [-0.15, -0.1) is 0 Å². The zero-order valence-electron chi connectivity index (χ0n) is 23.2. The van der Waals surface area contributed by atoms with Crippen molar-refractivity contribution in [1.29, 1.82) is 0 Å². The highest BCUT2D eigenvalue weighted by atomic mass is 16.7. The maximum absolute atomic E-state index is 6.36. The molecule has 208 valence electrons. The Hall–Kier alpha value is -3.36. The summed E-state index contributed by atoms with van der Waals surface area (Å²) in [7, 11) is 0. The van der Waals surface area contributed by atoms with Crippen molar-refractivity contribution in [3.63, 3.8) is 0 Å². The first kappa shape index (κ1) is 28.2. The van der Waals surface area contributed by atoms with Gasteiger partial charge < -0.3 is 0 Å². The molecule has 4 aromatic carbocycles. The SMILES string of the molecule is c1ccc(CN(Cc2ccccc2)OCN2CCN(CON(Cc3ccccc3)Cc3ccccc3)CC2)cc1. The van der Waals surface area contributed by atoms with E-state index in [1.165, 1.54) is 22.3 Å². The van der Waals surface area contributed by atoms with Crippen LogP contribution < -0.4 is 0 Å². The second kappa shape index (κ2) is 15.4. The normalized spacial score (nSPS) is 14.7. The molecule has 0 atom stereocenters. The van der Waals surface area contributed by atoms with Gasteiger partial charge in [-0.05, 0) is 22.3 Å². The quantitative estimate of drug-likeness (QED) is 0.190. The summed E-state index contributed by atoms with van der Waals surface area (Å²) in [6, 6.07) is 42.1. The number of piperazine rings is 1. The van der Waals surface area contributed by atoms with E-state index in [-0.39, 0.29) is 0 Å². The summed E-state index contributed by atoms with van der Waals surface area (Å²) in [6.45, 7) is 7.98. The van der Waals surface area contributed by atoms with Crippen molar-refractivity contribution in [2.45, 2.75) is 26.2 Å². The van der Waals surface area contributed by atoms with Gasteiger partial charge in [0.25, 0.3) is 0 Å². The largest absolute Gasteiger partial charge is 0.283 e. The Kier molecular flexibility index (Phi) is 10.9. The minimum atomic E-state index is 0.586. The molecule has 0 unspecified atom stereocenters. The molecule has 4 aromatic rings. The van der Waals surface area contributed by atoms with E-state index in [1.807, 2.05) is 0 Å². The highest BCUT2D eigenvalue weighted by Gasteiger charge is 2.20. The van der Waals surface area contributed by atoms with Gasteiger partial charge in [0.05, 0.1) is 0 Å². The number of hydrogen-bond donors (Lipinski definition) is 0. The number of hydrogen-bond acceptors (Lipinski definition) is 6. The number of hydroxylamine groups is 4. The lowest BCUT2D eigenvalue weighted by atomic mass is 10.2. The van der Waals surface area contributed by atoms with Crippen LogP contribution in [0.2, 0.25) is 0 Å². The van der Waals surface area contributed by atoms with Crippen molar-refractivity contribution >= 4 is 0 Å². The fraction of sp³-hybridized carbons (Fsp3) is 0.294. The molecule has 0 amide bonds. The second-order valence-corrected chi connectivity index (χ2v) is 10.3. The highest BCUT2D eigenvalue weighted by molar-refractivity contribution is 5.18. The van der Waals surface area contributed by atoms with Crippen LogP contribution >= 0.6 is 0 Å². The lowest BCUT2D eigenvalue weighted by Crippen LogP contribution is -2.49. The number of benzene rings is 4. The fourth-order valence-corrected chi connectivity index (χ4v) is 4.82. The number of rotatable bonds is 14. The first-order chi connectivity index (χ1) is 19.8. The molecule has 1 fully saturated rings. The van der Waals surface area contributed by atoms with E-state index >= 15 is 0 Å². The Bertz CT molecular complexity index is 1040. The van der Waals surface area contributed by atoms with E-state index in [9.17, 15) is 0 Å². The predicted octanol–water partition coefficient (Wildman–Crippen LogP) is 5.79. The molecule has 0 spiro atoms. The Balaban J connectivity index is 1.09. The summed E-state index contributed by atoms with van der Waals surface area (Å²) in [5, 5.41) is 4.15. The van der Waals surface area contributed by atoms with E-state index < -0.39 is 0 Å². The Morgan fingerprint density at radius 3 is 0.900 bits per heavy atom. The second-order valence-electron chi connectivity index (χ2n) is 10.3. The number of nitrogens with zero attached hydrogens (tertiary/aromatic N) is 4. The van der Waals surface area contributed by atoms with Gasteiger partial charge in [0.1, 0.15) is 13.5 Å². The van der Waals surface area contributed by atoms with E-state index in [0.717, 1.165) is 52.4 Å². The van der Waals surface area contributed by atoms with Crippen LogP contribution in [0.15, 0.2) is 121 Å². The zero-order valence-corrected chi connectivity index (χ0v) is 23.2. The monoisotopic (exact) mass is 536 g/mol. The van der Waals surface area contributed by atoms with Crippen LogP contribution in [0.5, 0.6) is 0 Å². The van der Waals surface area contributed by atoms with E-state index in [2.05, 4.69) is 141 Å². The summed E-state index contributed by atoms with van der Waals surface area (Å²) in [5.41, 5.74) is 4.99. The van der Waals surface area contributed by atoms with Gasteiger partial charge in [-0.1, -0.05) is 121 Å². The first-order valence-electron chi connectivity index (χ1n) is 14.2. The Morgan fingerprint density at radius 1 is 0.400 bits per heavy atom. The molecule has 0 aliphatic carbocycles. The molecular weight excluding hydrogens is 496 g/mol. The standard InChI is InChI=1S/C34H40N4O2/c1-5-13-31(14-6-1)25-37(26-32-15-7-2-8-16-32)39-29-35-21-23-36(24-22-35)30-40-38(27-33-17-9-3-10-18-33)28-34-19-11-4-12-20-34/h1-20H,21-30H2. The third-order valence-corrected chi connectivity index (χ3v) is 7.12. The molecule has 1 aliphatic rings. The molecule has 5 rings (SSSR count). The average molecular weight is 537 g/mol. The maximum atomic E-state index is 6.36. The van der Waals surface area contributed by atoms with E-state index in [0.29, 0.717) is 13.5 Å². The molecule has 40 heavy (non-hydrogen) atoms. The molecule has 0 saturated carbocycles. The van der Waals surface area contributed by atoms with E-state index in [1.54, 1.807) is 0 Å². The van der Waals surface area contributed by atoms with E-state index in [4.69, 9.17) is 9.68 Å². The summed E-state index contributed by atoms with van der Waals surface area (Å²) < 4.78 is 0. The fourth-order valence-electron chi connectivity index (χ4n) is 4.82. The molecule has 0 N–H and O–H groups in total.